The fourth-order valence-electron chi connectivity index (χ4n) is 3.73. The standard InChI is InChI=1S/C23H19ClF3N3O6/c1-3-35-20(32)14-11-29(13-7-8-16-17(9-13)36-22(34)28(16)2)21(33)30(19(14)31)10-12-5-4-6-15(18(12)24)23(25,26)27/h4-9,11,20,32H,3,10H2,1-2H3. The molecule has 0 radical (unpaired) electrons. The molecule has 0 spiro atoms. The minimum atomic E-state index is -4.75. The van der Waals surface area contributed by atoms with Crippen molar-refractivity contribution >= 4 is 22.7 Å². The van der Waals surface area contributed by atoms with Gasteiger partial charge in [0.1, 0.15) is 0 Å². The van der Waals surface area contributed by atoms with Crippen LogP contribution in [0.3, 0.4) is 0 Å². The summed E-state index contributed by atoms with van der Waals surface area (Å²) in [6, 6.07) is 7.51. The van der Waals surface area contributed by atoms with Crippen LogP contribution in [0.5, 0.6) is 0 Å². The number of hydrogen-bond donors (Lipinski definition) is 1. The lowest BCUT2D eigenvalue weighted by molar-refractivity contribution is -0.137. The van der Waals surface area contributed by atoms with Gasteiger partial charge in [0, 0.05) is 25.9 Å². The van der Waals surface area contributed by atoms with Crippen LogP contribution in [-0.4, -0.2) is 25.4 Å². The van der Waals surface area contributed by atoms with Crippen molar-refractivity contribution in [1.82, 2.24) is 13.7 Å². The number of benzene rings is 2. The average molecular weight is 526 g/mol. The summed E-state index contributed by atoms with van der Waals surface area (Å²) in [4.78, 5) is 38.3. The van der Waals surface area contributed by atoms with Crippen LogP contribution in [-0.2, 0) is 24.5 Å². The lowest BCUT2D eigenvalue weighted by Crippen LogP contribution is -2.42. The van der Waals surface area contributed by atoms with Gasteiger partial charge in [-0.15, -0.1) is 0 Å². The molecule has 0 bridgehead atoms. The zero-order valence-electron chi connectivity index (χ0n) is 18.9. The highest BCUT2D eigenvalue weighted by Crippen LogP contribution is 2.36. The molecule has 4 aromatic rings. The molecular formula is C23H19ClF3N3O6. The maximum absolute atomic E-state index is 13.4. The van der Waals surface area contributed by atoms with E-state index in [0.29, 0.717) is 10.1 Å². The molecule has 36 heavy (non-hydrogen) atoms. The first-order valence-corrected chi connectivity index (χ1v) is 10.9. The van der Waals surface area contributed by atoms with Crippen molar-refractivity contribution in [3.63, 3.8) is 0 Å². The van der Waals surface area contributed by atoms with Gasteiger partial charge in [0.2, 0.25) is 0 Å². The van der Waals surface area contributed by atoms with Gasteiger partial charge in [0.25, 0.3) is 5.56 Å². The highest BCUT2D eigenvalue weighted by molar-refractivity contribution is 6.32. The molecule has 1 N–H and O–H groups in total. The Morgan fingerprint density at radius 3 is 2.56 bits per heavy atom. The Labute approximate surface area is 205 Å². The second-order valence-corrected chi connectivity index (χ2v) is 8.17. The van der Waals surface area contributed by atoms with Crippen molar-refractivity contribution in [2.45, 2.75) is 25.9 Å². The topological polar surface area (TPSA) is 109 Å². The molecule has 4 rings (SSSR count). The number of hydrogen-bond acceptors (Lipinski definition) is 6. The molecule has 2 aromatic heterocycles. The van der Waals surface area contributed by atoms with E-state index in [0.717, 1.165) is 22.9 Å². The molecule has 9 nitrogen and oxygen atoms in total. The maximum atomic E-state index is 13.4. The number of aromatic nitrogens is 3. The van der Waals surface area contributed by atoms with Crippen molar-refractivity contribution in [1.29, 1.82) is 0 Å². The first-order valence-electron chi connectivity index (χ1n) is 10.5. The van der Waals surface area contributed by atoms with Gasteiger partial charge in [0.15, 0.2) is 11.9 Å². The zero-order chi connectivity index (χ0) is 26.4. The molecule has 2 heterocycles. The second kappa shape index (κ2) is 9.45. The first kappa shape index (κ1) is 25.5. The monoisotopic (exact) mass is 525 g/mol. The van der Waals surface area contributed by atoms with E-state index in [1.165, 1.54) is 35.9 Å². The van der Waals surface area contributed by atoms with Crippen LogP contribution in [0.1, 0.15) is 29.9 Å². The Balaban J connectivity index is 1.94. The average Bonchev–Trinajstić information content (AvgIpc) is 3.09. The Kier molecular flexibility index (Phi) is 6.69. The number of ether oxygens (including phenoxy) is 1. The summed E-state index contributed by atoms with van der Waals surface area (Å²) in [6.07, 6.45) is -5.41. The number of fused-ring (bicyclic) bond motifs is 1. The normalized spacial score (nSPS) is 12.9. The van der Waals surface area contributed by atoms with Gasteiger partial charge in [0.05, 0.1) is 33.9 Å². The van der Waals surface area contributed by atoms with Crippen molar-refractivity contribution in [3.8, 4) is 5.69 Å². The van der Waals surface area contributed by atoms with Crippen LogP contribution in [0.25, 0.3) is 16.8 Å². The third-order valence-corrected chi connectivity index (χ3v) is 6.00. The number of aliphatic hydroxyl groups excluding tert-OH is 1. The first-order chi connectivity index (χ1) is 16.9. The molecule has 13 heteroatoms. The molecule has 0 fully saturated rings. The van der Waals surface area contributed by atoms with Crippen LogP contribution < -0.4 is 17.0 Å². The Hall–Kier alpha value is -3.61. The smallest absolute Gasteiger partial charge is 0.408 e. The van der Waals surface area contributed by atoms with E-state index < -0.39 is 46.6 Å². The third-order valence-electron chi connectivity index (χ3n) is 5.55. The summed E-state index contributed by atoms with van der Waals surface area (Å²) in [5.74, 6) is -0.633. The number of alkyl halides is 3. The SMILES string of the molecule is CCOC(O)c1cn(-c2ccc3c(c2)oc(=O)n3C)c(=O)n(Cc2cccc(C(F)(F)F)c2Cl)c1=O. The Bertz CT molecular complexity index is 1630. The fourth-order valence-corrected chi connectivity index (χ4v) is 4.02. The van der Waals surface area contributed by atoms with Crippen molar-refractivity contribution in [2.75, 3.05) is 6.61 Å². The number of nitrogens with zero attached hydrogens (tertiary/aromatic N) is 3. The summed E-state index contributed by atoms with van der Waals surface area (Å²) in [6.45, 7) is 0.988. The van der Waals surface area contributed by atoms with Crippen LogP contribution in [0.2, 0.25) is 5.02 Å². The molecule has 0 amide bonds. The van der Waals surface area contributed by atoms with E-state index in [1.54, 1.807) is 6.92 Å². The van der Waals surface area contributed by atoms with E-state index in [9.17, 15) is 32.7 Å². The van der Waals surface area contributed by atoms with E-state index in [4.69, 9.17) is 20.8 Å². The lowest BCUT2D eigenvalue weighted by Gasteiger charge is -2.17. The number of aliphatic hydroxyl groups is 1. The third kappa shape index (κ3) is 4.50. The molecule has 0 aliphatic heterocycles. The Morgan fingerprint density at radius 2 is 1.89 bits per heavy atom. The summed E-state index contributed by atoms with van der Waals surface area (Å²) in [5, 5.41) is 9.72. The van der Waals surface area contributed by atoms with Crippen molar-refractivity contribution in [3.05, 3.63) is 95.7 Å². The molecule has 0 saturated heterocycles. The van der Waals surface area contributed by atoms with Crippen LogP contribution >= 0.6 is 11.6 Å². The van der Waals surface area contributed by atoms with E-state index in [2.05, 4.69) is 0 Å². The van der Waals surface area contributed by atoms with Gasteiger partial charge in [-0.1, -0.05) is 23.7 Å². The predicted octanol–water partition coefficient (Wildman–Crippen LogP) is 3.19. The molecule has 1 unspecified atom stereocenters. The van der Waals surface area contributed by atoms with E-state index >= 15 is 0 Å². The molecule has 190 valence electrons. The van der Waals surface area contributed by atoms with Gasteiger partial charge in [-0.3, -0.25) is 18.5 Å². The second-order valence-electron chi connectivity index (χ2n) is 7.79. The molecule has 2 aromatic carbocycles. The molecule has 0 aliphatic carbocycles. The van der Waals surface area contributed by atoms with Gasteiger partial charge >= 0.3 is 17.6 Å². The summed E-state index contributed by atoms with van der Waals surface area (Å²) >= 11 is 5.98. The summed E-state index contributed by atoms with van der Waals surface area (Å²) in [7, 11) is 1.50. The zero-order valence-corrected chi connectivity index (χ0v) is 19.6. The van der Waals surface area contributed by atoms with Crippen molar-refractivity contribution in [2.24, 2.45) is 7.05 Å². The van der Waals surface area contributed by atoms with E-state index in [1.807, 2.05) is 0 Å². The largest absolute Gasteiger partial charge is 0.419 e. The van der Waals surface area contributed by atoms with Crippen LogP contribution in [0.15, 0.2) is 61.4 Å². The van der Waals surface area contributed by atoms with Gasteiger partial charge in [-0.05, 0) is 30.7 Å². The Morgan fingerprint density at radius 1 is 1.17 bits per heavy atom. The predicted molar refractivity (Wildman–Crippen MR) is 123 cm³/mol. The van der Waals surface area contributed by atoms with Gasteiger partial charge < -0.3 is 14.3 Å². The van der Waals surface area contributed by atoms with Crippen LogP contribution in [0.4, 0.5) is 13.2 Å². The molecule has 1 atom stereocenters. The minimum absolute atomic E-state index is 0.0281. The minimum Gasteiger partial charge on any atom is -0.408 e. The highest BCUT2D eigenvalue weighted by atomic mass is 35.5. The molecule has 0 saturated carbocycles. The van der Waals surface area contributed by atoms with Crippen molar-refractivity contribution < 1.29 is 27.4 Å². The quantitative estimate of drug-likeness (QED) is 0.387. The van der Waals surface area contributed by atoms with E-state index in [-0.39, 0.29) is 29.0 Å². The van der Waals surface area contributed by atoms with Gasteiger partial charge in [-0.25, -0.2) is 9.59 Å². The number of halogens is 4. The summed E-state index contributed by atoms with van der Waals surface area (Å²) < 4.78 is 53.1. The number of aryl methyl sites for hydroxylation is 1. The van der Waals surface area contributed by atoms with Gasteiger partial charge in [-0.2, -0.15) is 13.2 Å². The maximum Gasteiger partial charge on any atom is 0.419 e. The lowest BCUT2D eigenvalue weighted by atomic mass is 10.1. The number of oxazole rings is 1. The summed E-state index contributed by atoms with van der Waals surface area (Å²) in [5.41, 5.74) is -2.75. The van der Waals surface area contributed by atoms with Crippen LogP contribution in [0, 0.1) is 0 Å². The molecular weight excluding hydrogens is 507 g/mol. The number of rotatable bonds is 6. The molecule has 0 aliphatic rings. The fraction of sp³-hybridized carbons (Fsp3) is 0.261. The highest BCUT2D eigenvalue weighted by Gasteiger charge is 2.34.